The SMILES string of the molecule is OCC1O[C@H](OCCOCCOCCS)C(O)[C@H](O)[C@H]1O. The van der Waals surface area contributed by atoms with E-state index < -0.39 is 37.3 Å². The number of rotatable bonds is 10. The topological polar surface area (TPSA) is 118 Å². The van der Waals surface area contributed by atoms with Gasteiger partial charge in [0.15, 0.2) is 6.29 Å². The van der Waals surface area contributed by atoms with Crippen LogP contribution in [0, 0.1) is 0 Å². The summed E-state index contributed by atoms with van der Waals surface area (Å²) in [6.07, 6.45) is -6.29. The fourth-order valence-corrected chi connectivity index (χ4v) is 1.94. The fourth-order valence-electron chi connectivity index (χ4n) is 1.81. The van der Waals surface area contributed by atoms with E-state index in [2.05, 4.69) is 12.6 Å². The van der Waals surface area contributed by atoms with Crippen LogP contribution < -0.4 is 0 Å². The van der Waals surface area contributed by atoms with Crippen molar-refractivity contribution in [1.82, 2.24) is 0 Å². The summed E-state index contributed by atoms with van der Waals surface area (Å²) in [4.78, 5) is 0. The van der Waals surface area contributed by atoms with Crippen LogP contribution in [0.5, 0.6) is 0 Å². The van der Waals surface area contributed by atoms with Crippen molar-refractivity contribution in [2.24, 2.45) is 0 Å². The molecule has 1 aliphatic heterocycles. The molecule has 0 saturated carbocycles. The van der Waals surface area contributed by atoms with Crippen molar-refractivity contribution < 1.29 is 39.4 Å². The molecule has 1 rings (SSSR count). The van der Waals surface area contributed by atoms with Gasteiger partial charge in [-0.25, -0.2) is 0 Å². The number of hydrogen-bond acceptors (Lipinski definition) is 9. The lowest BCUT2D eigenvalue weighted by Crippen LogP contribution is -2.59. The minimum absolute atomic E-state index is 0.134. The van der Waals surface area contributed by atoms with Gasteiger partial charge in [-0.2, -0.15) is 12.6 Å². The van der Waals surface area contributed by atoms with Crippen molar-refractivity contribution in [2.75, 3.05) is 45.4 Å². The van der Waals surface area contributed by atoms with E-state index in [4.69, 9.17) is 24.1 Å². The van der Waals surface area contributed by atoms with Gasteiger partial charge < -0.3 is 39.4 Å². The molecule has 0 aliphatic carbocycles. The molecule has 9 heteroatoms. The molecule has 0 bridgehead atoms. The van der Waals surface area contributed by atoms with Gasteiger partial charge in [0.2, 0.25) is 0 Å². The molecule has 8 nitrogen and oxygen atoms in total. The second kappa shape index (κ2) is 10.7. The summed E-state index contributed by atoms with van der Waals surface area (Å²) >= 11 is 4.00. The van der Waals surface area contributed by atoms with Crippen LogP contribution in [-0.2, 0) is 18.9 Å². The Morgan fingerprint density at radius 1 is 0.857 bits per heavy atom. The molecule has 0 spiro atoms. The molecule has 1 aliphatic rings. The quantitative estimate of drug-likeness (QED) is 0.226. The van der Waals surface area contributed by atoms with Gasteiger partial charge in [-0.15, -0.1) is 0 Å². The van der Waals surface area contributed by atoms with Crippen LogP contribution in [-0.4, -0.2) is 96.5 Å². The average molecular weight is 328 g/mol. The first kappa shape index (κ1) is 19.1. The summed E-state index contributed by atoms with van der Waals surface area (Å²) in [6, 6.07) is 0. The molecular formula is C12H24O8S. The average Bonchev–Trinajstić information content (AvgIpc) is 2.49. The molecule has 126 valence electrons. The van der Waals surface area contributed by atoms with Crippen LogP contribution in [0.2, 0.25) is 0 Å². The van der Waals surface area contributed by atoms with Gasteiger partial charge in [0.1, 0.15) is 24.4 Å². The lowest BCUT2D eigenvalue weighted by Gasteiger charge is -2.39. The Hall–Kier alpha value is 0.0300. The van der Waals surface area contributed by atoms with Gasteiger partial charge in [0, 0.05) is 5.75 Å². The molecule has 0 aromatic carbocycles. The third kappa shape index (κ3) is 6.35. The third-order valence-electron chi connectivity index (χ3n) is 2.97. The largest absolute Gasteiger partial charge is 0.394 e. The maximum absolute atomic E-state index is 9.71. The predicted octanol–water partition coefficient (Wildman–Crippen LogP) is -2.23. The Morgan fingerprint density at radius 3 is 2.10 bits per heavy atom. The Kier molecular flexibility index (Phi) is 9.73. The minimum Gasteiger partial charge on any atom is -0.394 e. The zero-order valence-electron chi connectivity index (χ0n) is 11.7. The summed E-state index contributed by atoms with van der Waals surface area (Å²) in [5.74, 6) is 0.653. The molecule has 2 unspecified atom stereocenters. The fraction of sp³-hybridized carbons (Fsp3) is 1.00. The summed E-state index contributed by atoms with van der Waals surface area (Å²) in [7, 11) is 0. The van der Waals surface area contributed by atoms with Gasteiger partial charge in [-0.3, -0.25) is 0 Å². The number of ether oxygens (including phenoxy) is 4. The Morgan fingerprint density at radius 2 is 1.48 bits per heavy atom. The van der Waals surface area contributed by atoms with Crippen molar-refractivity contribution in [2.45, 2.75) is 30.7 Å². The molecule has 1 heterocycles. The summed E-state index contributed by atoms with van der Waals surface area (Å²) in [5.41, 5.74) is 0. The molecule has 0 radical (unpaired) electrons. The minimum atomic E-state index is -1.43. The monoisotopic (exact) mass is 328 g/mol. The standard InChI is InChI=1S/C12H24O8S/c13-7-8-9(14)10(15)11(16)12(20-8)19-4-3-17-1-2-18-5-6-21/h8-16,21H,1-7H2/t8?,9-,10+,11?,12-/m0/s1. The van der Waals surface area contributed by atoms with E-state index in [1.54, 1.807) is 0 Å². The Bertz CT molecular complexity index is 268. The molecule has 0 amide bonds. The molecule has 0 aromatic rings. The van der Waals surface area contributed by atoms with E-state index >= 15 is 0 Å². The zero-order valence-corrected chi connectivity index (χ0v) is 12.6. The van der Waals surface area contributed by atoms with E-state index in [9.17, 15) is 15.3 Å². The number of aliphatic hydroxyl groups excluding tert-OH is 4. The smallest absolute Gasteiger partial charge is 0.186 e. The molecule has 21 heavy (non-hydrogen) atoms. The third-order valence-corrected chi connectivity index (χ3v) is 3.15. The van der Waals surface area contributed by atoms with Crippen LogP contribution in [0.4, 0.5) is 0 Å². The molecule has 0 aromatic heterocycles. The lowest BCUT2D eigenvalue weighted by molar-refractivity contribution is -0.302. The van der Waals surface area contributed by atoms with Gasteiger partial charge in [0.25, 0.3) is 0 Å². The molecule has 5 atom stereocenters. The van der Waals surface area contributed by atoms with Crippen molar-refractivity contribution in [3.8, 4) is 0 Å². The second-order valence-corrected chi connectivity index (χ2v) is 4.96. The molecule has 1 saturated heterocycles. The van der Waals surface area contributed by atoms with Crippen LogP contribution in [0.3, 0.4) is 0 Å². The number of hydrogen-bond donors (Lipinski definition) is 5. The Labute approximate surface area is 129 Å². The van der Waals surface area contributed by atoms with E-state index in [0.717, 1.165) is 0 Å². The first-order valence-electron chi connectivity index (χ1n) is 6.80. The highest BCUT2D eigenvalue weighted by Crippen LogP contribution is 2.21. The molecular weight excluding hydrogens is 304 g/mol. The summed E-state index contributed by atoms with van der Waals surface area (Å²) in [6.45, 7) is 1.35. The van der Waals surface area contributed by atoms with Crippen LogP contribution in [0.1, 0.15) is 0 Å². The van der Waals surface area contributed by atoms with Crippen LogP contribution >= 0.6 is 12.6 Å². The second-order valence-electron chi connectivity index (χ2n) is 4.52. The van der Waals surface area contributed by atoms with Crippen molar-refractivity contribution in [3.05, 3.63) is 0 Å². The molecule has 1 fully saturated rings. The predicted molar refractivity (Wildman–Crippen MR) is 75.2 cm³/mol. The Balaban J connectivity index is 2.16. The molecule has 4 N–H and O–H groups in total. The van der Waals surface area contributed by atoms with Gasteiger partial charge in [0.05, 0.1) is 39.6 Å². The highest BCUT2D eigenvalue weighted by Gasteiger charge is 2.43. The van der Waals surface area contributed by atoms with Crippen molar-refractivity contribution in [3.63, 3.8) is 0 Å². The summed E-state index contributed by atoms with van der Waals surface area (Å²) in [5, 5.41) is 37.9. The summed E-state index contributed by atoms with van der Waals surface area (Å²) < 4.78 is 20.8. The van der Waals surface area contributed by atoms with Gasteiger partial charge in [-0.1, -0.05) is 0 Å². The van der Waals surface area contributed by atoms with Crippen LogP contribution in [0.25, 0.3) is 0 Å². The van der Waals surface area contributed by atoms with E-state index in [1.165, 1.54) is 0 Å². The maximum Gasteiger partial charge on any atom is 0.186 e. The zero-order chi connectivity index (χ0) is 15.7. The normalized spacial score (nSPS) is 33.3. The van der Waals surface area contributed by atoms with Crippen molar-refractivity contribution >= 4 is 12.6 Å². The van der Waals surface area contributed by atoms with Gasteiger partial charge >= 0.3 is 0 Å². The van der Waals surface area contributed by atoms with E-state index in [-0.39, 0.29) is 13.2 Å². The number of aliphatic hydroxyl groups is 4. The number of thiol groups is 1. The first-order chi connectivity index (χ1) is 10.1. The highest BCUT2D eigenvalue weighted by molar-refractivity contribution is 7.80. The van der Waals surface area contributed by atoms with Crippen LogP contribution in [0.15, 0.2) is 0 Å². The van der Waals surface area contributed by atoms with E-state index in [1.807, 2.05) is 0 Å². The van der Waals surface area contributed by atoms with Crippen molar-refractivity contribution in [1.29, 1.82) is 0 Å². The van der Waals surface area contributed by atoms with Gasteiger partial charge in [-0.05, 0) is 0 Å². The maximum atomic E-state index is 9.71. The first-order valence-corrected chi connectivity index (χ1v) is 7.43. The van der Waals surface area contributed by atoms with E-state index in [0.29, 0.717) is 25.6 Å². The highest BCUT2D eigenvalue weighted by atomic mass is 32.1. The lowest BCUT2D eigenvalue weighted by atomic mass is 9.99.